The van der Waals surface area contributed by atoms with Crippen molar-refractivity contribution in [3.8, 4) is 0 Å². The molecule has 0 bridgehead atoms. The Kier molecular flexibility index (Phi) is 2.24. The molecule has 4 nitrogen and oxygen atoms in total. The fraction of sp³-hybridized carbons (Fsp3) is 0. The van der Waals surface area contributed by atoms with Crippen LogP contribution in [0.15, 0.2) is 0 Å². The fourth-order valence-corrected chi connectivity index (χ4v) is 1.53. The zero-order valence-corrected chi connectivity index (χ0v) is 5.43. The molecule has 1 N–H and O–H groups in total. The summed E-state index contributed by atoms with van der Waals surface area (Å²) in [6.07, 6.45) is 0. The van der Waals surface area contributed by atoms with Gasteiger partial charge in [-0.15, -0.1) is 0 Å². The van der Waals surface area contributed by atoms with Crippen LogP contribution in [0.4, 0.5) is 12.3 Å². The van der Waals surface area contributed by atoms with Crippen molar-refractivity contribution < 1.29 is 25.3 Å². The summed E-state index contributed by atoms with van der Waals surface area (Å²) in [7, 11) is -5.86. The molecule has 0 saturated carbocycles. The Hall–Kier alpha value is 0.687. The number of hydrogen-bond acceptors (Lipinski definition) is 4. The van der Waals surface area contributed by atoms with Gasteiger partial charge in [0.2, 0.25) is 0 Å². The van der Waals surface area contributed by atoms with Gasteiger partial charge in [-0.2, -0.15) is 0 Å². The fourth-order valence-electron chi connectivity index (χ4n) is 0.137. The van der Waals surface area contributed by atoms with Crippen LogP contribution >= 0.6 is 6.80 Å². The standard InChI is InChI=1S/F3HNO3PS.Li.H/c1-8(2,4-7-8)9(3,5)6;;/h4H;;. The number of halogens is 3. The van der Waals surface area contributed by atoms with Gasteiger partial charge in [-0.3, -0.25) is 0 Å². The van der Waals surface area contributed by atoms with Crippen LogP contribution in [0.2, 0.25) is 0 Å². The summed E-state index contributed by atoms with van der Waals surface area (Å²) in [6.45, 7) is -6.51. The van der Waals surface area contributed by atoms with Crippen molar-refractivity contribution >= 4 is 35.5 Å². The second kappa shape index (κ2) is 2.09. The molecule has 0 amide bonds. The molecule has 0 aromatic heterocycles. The molecular weight excluding hydrogens is 189 g/mol. The van der Waals surface area contributed by atoms with E-state index in [-0.39, 0.29) is 18.9 Å². The van der Waals surface area contributed by atoms with Gasteiger partial charge in [0.05, 0.1) is 0 Å². The Morgan fingerprint density at radius 1 is 1.40 bits per heavy atom. The topological polar surface area (TPSA) is 68.6 Å². The van der Waals surface area contributed by atoms with Crippen LogP contribution in [0, 0.1) is 0 Å². The molecule has 0 radical (unpaired) electrons. The van der Waals surface area contributed by atoms with Gasteiger partial charge in [0.25, 0.3) is 0 Å². The van der Waals surface area contributed by atoms with Gasteiger partial charge >= 0.3 is 66.1 Å². The zero-order valence-electron chi connectivity index (χ0n) is 3.71. The SMILES string of the molecule is O=S(=O)(F)P1(F)(F)NO1.[LiH]. The van der Waals surface area contributed by atoms with Crippen molar-refractivity contribution in [2.45, 2.75) is 0 Å². The van der Waals surface area contributed by atoms with Crippen LogP contribution in [0.3, 0.4) is 0 Å². The minimum atomic E-state index is -6.51. The van der Waals surface area contributed by atoms with Gasteiger partial charge in [-0.25, -0.2) is 0 Å². The average Bonchev–Trinajstić information content (AvgIpc) is 2.14. The molecule has 10 heteroatoms. The van der Waals surface area contributed by atoms with Crippen molar-refractivity contribution in [2.24, 2.45) is 0 Å². The molecule has 0 spiro atoms. The quantitative estimate of drug-likeness (QED) is 0.279. The van der Waals surface area contributed by atoms with Gasteiger partial charge < -0.3 is 0 Å². The monoisotopic (exact) mass is 191 g/mol. The first-order chi connectivity index (χ1) is 3.75. The van der Waals surface area contributed by atoms with Crippen molar-refractivity contribution in [1.29, 1.82) is 0 Å². The van der Waals surface area contributed by atoms with E-state index >= 15 is 0 Å². The molecule has 10 heavy (non-hydrogen) atoms. The maximum atomic E-state index is 11.9. The number of hydrogen-bond donors (Lipinski definition) is 1. The summed E-state index contributed by atoms with van der Waals surface area (Å²) >= 11 is 0. The van der Waals surface area contributed by atoms with E-state index in [4.69, 9.17) is 0 Å². The van der Waals surface area contributed by atoms with Gasteiger partial charge in [0.1, 0.15) is 0 Å². The molecule has 0 aromatic carbocycles. The summed E-state index contributed by atoms with van der Waals surface area (Å²) in [6, 6.07) is 0. The minimum absolute atomic E-state index is 0. The summed E-state index contributed by atoms with van der Waals surface area (Å²) < 4.78 is 57.2. The molecule has 0 unspecified atom stereocenters. The van der Waals surface area contributed by atoms with Crippen LogP contribution in [0.25, 0.3) is 0 Å². The Labute approximate surface area is 66.5 Å². The molecule has 1 fully saturated rings. The van der Waals surface area contributed by atoms with E-state index in [1.807, 2.05) is 0 Å². The van der Waals surface area contributed by atoms with Crippen molar-refractivity contribution in [3.05, 3.63) is 0 Å². The molecule has 1 heterocycles. The molecule has 1 rings (SSSR count). The van der Waals surface area contributed by atoms with Crippen molar-refractivity contribution in [3.63, 3.8) is 0 Å². The van der Waals surface area contributed by atoms with E-state index in [2.05, 4.69) is 4.62 Å². The second-order valence-electron chi connectivity index (χ2n) is 1.36. The molecule has 1 saturated heterocycles. The molecular formula is H2F3LiNO3PS. The van der Waals surface area contributed by atoms with E-state index < -0.39 is 16.6 Å². The van der Waals surface area contributed by atoms with E-state index in [1.165, 1.54) is 0 Å². The van der Waals surface area contributed by atoms with Crippen molar-refractivity contribution in [2.75, 3.05) is 0 Å². The van der Waals surface area contributed by atoms with Gasteiger partial charge in [0.15, 0.2) is 0 Å². The molecule has 0 atom stereocenters. The first-order valence-corrected chi connectivity index (χ1v) is 5.54. The van der Waals surface area contributed by atoms with Gasteiger partial charge in [-0.1, -0.05) is 0 Å². The summed E-state index contributed by atoms with van der Waals surface area (Å²) in [5.74, 6) is 0. The molecule has 0 aliphatic carbocycles. The van der Waals surface area contributed by atoms with E-state index in [0.29, 0.717) is 0 Å². The molecule has 58 valence electrons. The van der Waals surface area contributed by atoms with E-state index in [9.17, 15) is 20.7 Å². The molecule has 1 aliphatic heterocycles. The number of nitrogens with one attached hydrogen (secondary N) is 1. The average molecular weight is 191 g/mol. The van der Waals surface area contributed by atoms with Crippen LogP contribution in [0.5, 0.6) is 0 Å². The first-order valence-electron chi connectivity index (χ1n) is 1.62. The second-order valence-corrected chi connectivity index (χ2v) is 7.21. The molecule has 0 aromatic rings. The van der Waals surface area contributed by atoms with Gasteiger partial charge in [0, 0.05) is 0 Å². The van der Waals surface area contributed by atoms with Crippen LogP contribution in [0.1, 0.15) is 0 Å². The Bertz CT molecular complexity index is 240. The Morgan fingerprint density at radius 2 is 1.70 bits per heavy atom. The predicted octanol–water partition coefficient (Wildman–Crippen LogP) is 0.239. The normalized spacial score (nSPS) is 30.9. The predicted molar refractivity (Wildman–Crippen MR) is 30.5 cm³/mol. The molecule has 1 aliphatic rings. The third kappa shape index (κ3) is 1.32. The summed E-state index contributed by atoms with van der Waals surface area (Å²) in [5, 5.41) is 0.761. The summed E-state index contributed by atoms with van der Waals surface area (Å²) in [5.41, 5.74) is 0. The first kappa shape index (κ1) is 10.7. The zero-order chi connectivity index (χ0) is 7.36. The van der Waals surface area contributed by atoms with E-state index in [1.54, 1.807) is 0 Å². The van der Waals surface area contributed by atoms with Crippen LogP contribution < -0.4 is 5.25 Å². The van der Waals surface area contributed by atoms with Gasteiger partial charge in [-0.05, 0) is 0 Å². The summed E-state index contributed by atoms with van der Waals surface area (Å²) in [4.78, 5) is 0. The Balaban J connectivity index is 0.000000810. The van der Waals surface area contributed by atoms with Crippen molar-refractivity contribution in [1.82, 2.24) is 5.25 Å². The van der Waals surface area contributed by atoms with Crippen LogP contribution in [-0.4, -0.2) is 27.3 Å². The maximum absolute atomic E-state index is 11.9. The third-order valence-electron chi connectivity index (χ3n) is 0.667. The van der Waals surface area contributed by atoms with E-state index in [0.717, 1.165) is 5.25 Å². The third-order valence-corrected chi connectivity index (χ3v) is 4.63. The number of rotatable bonds is 1. The van der Waals surface area contributed by atoms with Crippen LogP contribution in [-0.2, 0) is 14.5 Å². The Morgan fingerprint density at radius 3 is 1.70 bits per heavy atom.